The zero-order valence-corrected chi connectivity index (χ0v) is 14.6. The highest BCUT2D eigenvalue weighted by Crippen LogP contribution is 2.28. The summed E-state index contributed by atoms with van der Waals surface area (Å²) in [5.74, 6) is 0.553. The van der Waals surface area contributed by atoms with E-state index in [4.69, 9.17) is 11.5 Å². The molecule has 3 aromatic heterocycles. The highest BCUT2D eigenvalue weighted by Gasteiger charge is 2.13. The van der Waals surface area contributed by atoms with Crippen LogP contribution in [0.2, 0.25) is 0 Å². The van der Waals surface area contributed by atoms with E-state index < -0.39 is 0 Å². The van der Waals surface area contributed by atoms with E-state index in [1.807, 2.05) is 31.7 Å². The number of benzene rings is 1. The number of pyridine rings is 1. The smallest absolute Gasteiger partial charge is 0.166 e. The van der Waals surface area contributed by atoms with Crippen molar-refractivity contribution in [1.82, 2.24) is 24.7 Å². The van der Waals surface area contributed by atoms with E-state index in [1.54, 1.807) is 10.9 Å². The molecule has 26 heavy (non-hydrogen) atoms. The van der Waals surface area contributed by atoms with Gasteiger partial charge in [0.2, 0.25) is 0 Å². The molecule has 0 radical (unpaired) electrons. The molecule has 4 aromatic rings. The van der Waals surface area contributed by atoms with Crippen LogP contribution >= 0.6 is 0 Å². The Balaban J connectivity index is 1.74. The Morgan fingerprint density at radius 1 is 0.962 bits per heavy atom. The Morgan fingerprint density at radius 3 is 2.54 bits per heavy atom. The van der Waals surface area contributed by atoms with Crippen molar-refractivity contribution in [2.24, 2.45) is 7.05 Å². The van der Waals surface area contributed by atoms with Crippen LogP contribution in [0.5, 0.6) is 0 Å². The standard InChI is InChI=1S/C19H19N7/c1-11(17-9-23-18(20)19(21)25-17)12-3-4-16-13(5-12)6-14(7-22-16)15-8-24-26(2)10-15/h3-11H,1-2H3,(H2,20,23)(H2,21,25). The number of fused-ring (bicyclic) bond motifs is 1. The van der Waals surface area contributed by atoms with Gasteiger partial charge >= 0.3 is 0 Å². The van der Waals surface area contributed by atoms with E-state index >= 15 is 0 Å². The molecular formula is C19H19N7. The lowest BCUT2D eigenvalue weighted by Crippen LogP contribution is -2.06. The normalized spacial score (nSPS) is 12.4. The van der Waals surface area contributed by atoms with Gasteiger partial charge in [0.25, 0.3) is 0 Å². The van der Waals surface area contributed by atoms with Crippen LogP contribution in [0.4, 0.5) is 11.6 Å². The number of nitrogens with two attached hydrogens (primary N) is 2. The van der Waals surface area contributed by atoms with Crippen LogP contribution in [0.3, 0.4) is 0 Å². The molecule has 0 spiro atoms. The molecule has 7 nitrogen and oxygen atoms in total. The van der Waals surface area contributed by atoms with E-state index in [2.05, 4.69) is 45.2 Å². The Morgan fingerprint density at radius 2 is 1.81 bits per heavy atom. The molecule has 0 fully saturated rings. The topological polar surface area (TPSA) is 109 Å². The van der Waals surface area contributed by atoms with Crippen molar-refractivity contribution >= 4 is 22.5 Å². The molecule has 0 bridgehead atoms. The van der Waals surface area contributed by atoms with Gasteiger partial charge in [-0.3, -0.25) is 9.67 Å². The molecule has 0 saturated carbocycles. The van der Waals surface area contributed by atoms with Crippen molar-refractivity contribution in [3.8, 4) is 11.1 Å². The molecule has 0 saturated heterocycles. The van der Waals surface area contributed by atoms with E-state index in [9.17, 15) is 0 Å². The third-order valence-electron chi connectivity index (χ3n) is 4.54. The summed E-state index contributed by atoms with van der Waals surface area (Å²) in [5, 5.41) is 5.29. The van der Waals surface area contributed by atoms with Gasteiger partial charge < -0.3 is 11.5 Å². The molecule has 130 valence electrons. The van der Waals surface area contributed by atoms with Crippen LogP contribution in [0.25, 0.3) is 22.0 Å². The lowest BCUT2D eigenvalue weighted by Gasteiger charge is -2.13. The van der Waals surface area contributed by atoms with Gasteiger partial charge in [-0.1, -0.05) is 13.0 Å². The van der Waals surface area contributed by atoms with Crippen molar-refractivity contribution in [3.05, 3.63) is 60.3 Å². The SMILES string of the molecule is CC(c1ccc2ncc(-c3cnn(C)c3)cc2c1)c1cnc(N)c(N)n1. The third-order valence-corrected chi connectivity index (χ3v) is 4.54. The fraction of sp³-hybridized carbons (Fsp3) is 0.158. The predicted octanol–water partition coefficient (Wildman–Crippen LogP) is 2.74. The highest BCUT2D eigenvalue weighted by atomic mass is 15.2. The van der Waals surface area contributed by atoms with Gasteiger partial charge in [0, 0.05) is 41.9 Å². The first kappa shape index (κ1) is 16.0. The summed E-state index contributed by atoms with van der Waals surface area (Å²) in [6.07, 6.45) is 7.35. The number of nitrogens with zero attached hydrogens (tertiary/aromatic N) is 5. The quantitative estimate of drug-likeness (QED) is 0.591. The van der Waals surface area contributed by atoms with Gasteiger partial charge in [-0.25, -0.2) is 9.97 Å². The largest absolute Gasteiger partial charge is 0.381 e. The molecule has 4 N–H and O–H groups in total. The summed E-state index contributed by atoms with van der Waals surface area (Å²) < 4.78 is 1.78. The van der Waals surface area contributed by atoms with Crippen molar-refractivity contribution in [2.45, 2.75) is 12.8 Å². The number of nitrogen functional groups attached to an aromatic ring is 2. The molecule has 1 atom stereocenters. The second-order valence-electron chi connectivity index (χ2n) is 6.37. The van der Waals surface area contributed by atoms with Gasteiger partial charge in [0.1, 0.15) is 0 Å². The van der Waals surface area contributed by atoms with E-state index in [1.165, 1.54) is 0 Å². The molecule has 1 unspecified atom stereocenters. The fourth-order valence-electron chi connectivity index (χ4n) is 2.95. The number of aryl methyl sites for hydroxylation is 1. The first-order valence-corrected chi connectivity index (χ1v) is 8.28. The highest BCUT2D eigenvalue weighted by molar-refractivity contribution is 5.84. The second-order valence-corrected chi connectivity index (χ2v) is 6.37. The van der Waals surface area contributed by atoms with Crippen molar-refractivity contribution in [2.75, 3.05) is 11.5 Å². The van der Waals surface area contributed by atoms with Crippen molar-refractivity contribution in [3.63, 3.8) is 0 Å². The predicted molar refractivity (Wildman–Crippen MR) is 102 cm³/mol. The Labute approximate surface area is 150 Å². The first-order valence-electron chi connectivity index (χ1n) is 8.28. The summed E-state index contributed by atoms with van der Waals surface area (Å²) in [7, 11) is 1.90. The maximum absolute atomic E-state index is 5.80. The molecule has 0 aliphatic carbocycles. The molecule has 0 amide bonds. The minimum Gasteiger partial charge on any atom is -0.381 e. The van der Waals surface area contributed by atoms with Crippen LogP contribution < -0.4 is 11.5 Å². The maximum Gasteiger partial charge on any atom is 0.166 e. The zero-order valence-electron chi connectivity index (χ0n) is 14.6. The van der Waals surface area contributed by atoms with E-state index in [-0.39, 0.29) is 17.6 Å². The molecule has 4 rings (SSSR count). The number of aromatic nitrogens is 5. The minimum absolute atomic E-state index is 0.0387. The minimum atomic E-state index is 0.0387. The Kier molecular flexibility index (Phi) is 3.76. The van der Waals surface area contributed by atoms with Crippen LogP contribution in [-0.2, 0) is 7.05 Å². The molecular weight excluding hydrogens is 326 g/mol. The number of hydrogen-bond donors (Lipinski definition) is 2. The fourth-order valence-corrected chi connectivity index (χ4v) is 2.95. The number of hydrogen-bond acceptors (Lipinski definition) is 6. The van der Waals surface area contributed by atoms with Gasteiger partial charge in [-0.2, -0.15) is 5.10 Å². The van der Waals surface area contributed by atoms with Crippen LogP contribution in [0, 0.1) is 0 Å². The molecule has 0 aliphatic heterocycles. The Bertz CT molecular complexity index is 1100. The van der Waals surface area contributed by atoms with Gasteiger partial charge in [-0.05, 0) is 23.8 Å². The summed E-state index contributed by atoms with van der Waals surface area (Å²) in [6.45, 7) is 2.07. The van der Waals surface area contributed by atoms with Gasteiger partial charge in [0.15, 0.2) is 11.6 Å². The van der Waals surface area contributed by atoms with Crippen LogP contribution in [0.1, 0.15) is 24.1 Å². The Hall–Kier alpha value is -3.48. The summed E-state index contributed by atoms with van der Waals surface area (Å²) >= 11 is 0. The number of anilines is 2. The molecule has 7 heteroatoms. The zero-order chi connectivity index (χ0) is 18.3. The maximum atomic E-state index is 5.80. The third kappa shape index (κ3) is 2.83. The summed E-state index contributed by atoms with van der Waals surface area (Å²) in [4.78, 5) is 13.0. The first-order chi connectivity index (χ1) is 12.5. The van der Waals surface area contributed by atoms with Crippen molar-refractivity contribution < 1.29 is 0 Å². The molecule has 0 aliphatic rings. The average molecular weight is 345 g/mol. The summed E-state index contributed by atoms with van der Waals surface area (Å²) in [5.41, 5.74) is 16.4. The second kappa shape index (κ2) is 6.11. The summed E-state index contributed by atoms with van der Waals surface area (Å²) in [6, 6.07) is 8.32. The molecule has 1 aromatic carbocycles. The van der Waals surface area contributed by atoms with Crippen molar-refractivity contribution in [1.29, 1.82) is 0 Å². The molecule has 3 heterocycles. The lowest BCUT2D eigenvalue weighted by molar-refractivity contribution is 0.768. The van der Waals surface area contributed by atoms with Crippen LogP contribution in [0.15, 0.2) is 49.1 Å². The van der Waals surface area contributed by atoms with Crippen LogP contribution in [-0.4, -0.2) is 24.7 Å². The monoisotopic (exact) mass is 345 g/mol. The lowest BCUT2D eigenvalue weighted by atomic mass is 9.96. The van der Waals surface area contributed by atoms with E-state index in [0.717, 1.165) is 33.3 Å². The van der Waals surface area contributed by atoms with Gasteiger partial charge in [-0.15, -0.1) is 0 Å². The average Bonchev–Trinajstić information content (AvgIpc) is 3.09. The number of rotatable bonds is 3. The van der Waals surface area contributed by atoms with E-state index in [0.29, 0.717) is 0 Å². The van der Waals surface area contributed by atoms with Gasteiger partial charge in [0.05, 0.1) is 23.6 Å².